The Morgan fingerprint density at radius 3 is 2.15 bits per heavy atom. The number of rotatable bonds is 13. The second kappa shape index (κ2) is 13.2. The standard InChI is InChI=1S/C27H38O5Si/c1-6-30-26(28)25(27(29)31-7-2)17-14-22-12-15-23(16-13-22)32-18-9-19-33(4,5)24-11-8-10-21(3)20-24/h8,10-13,15-16,20,25H,6-7,9,14,17-19H2,1-5H3. The van der Waals surface area contributed by atoms with E-state index in [4.69, 9.17) is 14.2 Å². The smallest absolute Gasteiger partial charge is 0.320 e. The molecule has 0 fully saturated rings. The van der Waals surface area contributed by atoms with Gasteiger partial charge >= 0.3 is 11.9 Å². The fourth-order valence-corrected chi connectivity index (χ4v) is 6.28. The monoisotopic (exact) mass is 470 g/mol. The van der Waals surface area contributed by atoms with Crippen LogP contribution in [0.1, 0.15) is 37.8 Å². The van der Waals surface area contributed by atoms with Crippen LogP contribution in [0.4, 0.5) is 0 Å². The molecule has 0 atom stereocenters. The van der Waals surface area contributed by atoms with E-state index in [0.29, 0.717) is 19.4 Å². The molecule has 0 radical (unpaired) electrons. The molecule has 0 heterocycles. The van der Waals surface area contributed by atoms with E-state index < -0.39 is 25.9 Å². The Hall–Kier alpha value is -2.60. The highest BCUT2D eigenvalue weighted by Crippen LogP contribution is 2.19. The van der Waals surface area contributed by atoms with E-state index in [2.05, 4.69) is 44.3 Å². The molecule has 0 aliphatic rings. The van der Waals surface area contributed by atoms with Crippen molar-refractivity contribution in [3.05, 3.63) is 59.7 Å². The summed E-state index contributed by atoms with van der Waals surface area (Å²) in [5.41, 5.74) is 2.36. The van der Waals surface area contributed by atoms with Crippen LogP contribution in [-0.4, -0.2) is 39.8 Å². The first kappa shape index (κ1) is 26.6. The largest absolute Gasteiger partial charge is 0.494 e. The summed E-state index contributed by atoms with van der Waals surface area (Å²) in [6.07, 6.45) is 1.96. The van der Waals surface area contributed by atoms with Crippen molar-refractivity contribution in [1.29, 1.82) is 0 Å². The van der Waals surface area contributed by atoms with Crippen molar-refractivity contribution in [2.45, 2.75) is 59.2 Å². The first-order valence-electron chi connectivity index (χ1n) is 11.9. The first-order chi connectivity index (χ1) is 15.8. The molecule has 0 aliphatic carbocycles. The van der Waals surface area contributed by atoms with Gasteiger partial charge in [-0.3, -0.25) is 9.59 Å². The van der Waals surface area contributed by atoms with E-state index >= 15 is 0 Å². The summed E-state index contributed by atoms with van der Waals surface area (Å²) in [6, 6.07) is 17.9. The quantitative estimate of drug-likeness (QED) is 0.177. The zero-order valence-corrected chi connectivity index (χ0v) is 21.7. The van der Waals surface area contributed by atoms with E-state index in [0.717, 1.165) is 17.7 Å². The molecule has 0 amide bonds. The maximum absolute atomic E-state index is 12.1. The van der Waals surface area contributed by atoms with Crippen LogP contribution >= 0.6 is 0 Å². The van der Waals surface area contributed by atoms with Gasteiger partial charge in [0, 0.05) is 0 Å². The fraction of sp³-hybridized carbons (Fsp3) is 0.481. The van der Waals surface area contributed by atoms with E-state index in [1.807, 2.05) is 24.3 Å². The SMILES string of the molecule is CCOC(=O)C(CCc1ccc(OCCC[Si](C)(C)c2cccc(C)c2)cc1)C(=O)OCC. The lowest BCUT2D eigenvalue weighted by molar-refractivity contribution is -0.161. The fourth-order valence-electron chi connectivity index (χ4n) is 3.80. The summed E-state index contributed by atoms with van der Waals surface area (Å²) in [4.78, 5) is 24.2. The van der Waals surface area contributed by atoms with Gasteiger partial charge in [0.05, 0.1) is 27.9 Å². The molecule has 0 saturated heterocycles. The number of carbonyl (C=O) groups excluding carboxylic acids is 2. The molecule has 0 aliphatic heterocycles. The zero-order valence-electron chi connectivity index (χ0n) is 20.7. The van der Waals surface area contributed by atoms with Crippen LogP contribution in [-0.2, 0) is 25.5 Å². The molecule has 0 N–H and O–H groups in total. The van der Waals surface area contributed by atoms with Gasteiger partial charge in [-0.1, -0.05) is 66.3 Å². The van der Waals surface area contributed by atoms with Gasteiger partial charge in [0.2, 0.25) is 0 Å². The third-order valence-corrected chi connectivity index (χ3v) is 9.28. The second-order valence-electron chi connectivity index (χ2n) is 8.94. The number of carbonyl (C=O) groups is 2. The lowest BCUT2D eigenvalue weighted by Gasteiger charge is -2.23. The summed E-state index contributed by atoms with van der Waals surface area (Å²) in [7, 11) is -1.47. The molecule has 5 nitrogen and oxygen atoms in total. The topological polar surface area (TPSA) is 61.8 Å². The summed E-state index contributed by atoms with van der Waals surface area (Å²) in [5, 5.41) is 1.50. The van der Waals surface area contributed by atoms with Gasteiger partial charge < -0.3 is 14.2 Å². The minimum atomic E-state index is -1.47. The molecule has 2 aromatic rings. The summed E-state index contributed by atoms with van der Waals surface area (Å²) in [5.74, 6) is -1.09. The normalized spacial score (nSPS) is 11.3. The van der Waals surface area contributed by atoms with Crippen molar-refractivity contribution >= 4 is 25.2 Å². The Balaban J connectivity index is 1.82. The third-order valence-electron chi connectivity index (χ3n) is 5.80. The van der Waals surface area contributed by atoms with Crippen molar-refractivity contribution in [2.24, 2.45) is 5.92 Å². The minimum absolute atomic E-state index is 0.242. The third kappa shape index (κ3) is 8.69. The highest BCUT2D eigenvalue weighted by atomic mass is 28.3. The van der Waals surface area contributed by atoms with Crippen LogP contribution in [0.3, 0.4) is 0 Å². The number of esters is 2. The molecule has 33 heavy (non-hydrogen) atoms. The molecule has 0 aromatic heterocycles. The van der Waals surface area contributed by atoms with Crippen LogP contribution in [0, 0.1) is 12.8 Å². The number of ether oxygens (including phenoxy) is 3. The van der Waals surface area contributed by atoms with Crippen molar-refractivity contribution in [1.82, 2.24) is 0 Å². The highest BCUT2D eigenvalue weighted by Gasteiger charge is 2.29. The number of aryl methyl sites for hydroxylation is 2. The van der Waals surface area contributed by atoms with E-state index in [9.17, 15) is 9.59 Å². The molecule has 0 bridgehead atoms. The van der Waals surface area contributed by atoms with E-state index in [1.165, 1.54) is 16.8 Å². The van der Waals surface area contributed by atoms with Crippen molar-refractivity contribution in [2.75, 3.05) is 19.8 Å². The van der Waals surface area contributed by atoms with Crippen LogP contribution in [0.5, 0.6) is 5.75 Å². The van der Waals surface area contributed by atoms with Crippen LogP contribution in [0.25, 0.3) is 0 Å². The number of hydrogen-bond acceptors (Lipinski definition) is 5. The summed E-state index contributed by atoms with van der Waals surface area (Å²) >= 11 is 0. The van der Waals surface area contributed by atoms with Gasteiger partial charge in [0.15, 0.2) is 5.92 Å². The zero-order chi connectivity index (χ0) is 24.3. The summed E-state index contributed by atoms with van der Waals surface area (Å²) < 4.78 is 16.0. The Bertz CT molecular complexity index is 874. The predicted molar refractivity (Wildman–Crippen MR) is 135 cm³/mol. The Morgan fingerprint density at radius 1 is 0.939 bits per heavy atom. The lowest BCUT2D eigenvalue weighted by Crippen LogP contribution is -2.41. The van der Waals surface area contributed by atoms with Gasteiger partial charge in [-0.05, 0) is 57.7 Å². The van der Waals surface area contributed by atoms with Crippen molar-refractivity contribution in [3.63, 3.8) is 0 Å². The lowest BCUT2D eigenvalue weighted by atomic mass is 9.99. The molecule has 0 saturated carbocycles. The molecule has 0 unspecified atom stereocenters. The highest BCUT2D eigenvalue weighted by molar-refractivity contribution is 6.89. The van der Waals surface area contributed by atoms with Gasteiger partial charge in [-0.2, -0.15) is 0 Å². The minimum Gasteiger partial charge on any atom is -0.494 e. The molecule has 0 spiro atoms. The van der Waals surface area contributed by atoms with Crippen molar-refractivity contribution in [3.8, 4) is 5.75 Å². The summed E-state index contributed by atoms with van der Waals surface area (Å²) in [6.45, 7) is 11.6. The average Bonchev–Trinajstić information content (AvgIpc) is 2.78. The van der Waals surface area contributed by atoms with Crippen LogP contribution in [0.15, 0.2) is 48.5 Å². The Kier molecular flexibility index (Phi) is 10.6. The van der Waals surface area contributed by atoms with E-state index in [1.54, 1.807) is 13.8 Å². The van der Waals surface area contributed by atoms with Crippen LogP contribution in [0.2, 0.25) is 19.1 Å². The average molecular weight is 471 g/mol. The molecule has 2 rings (SSSR count). The van der Waals surface area contributed by atoms with Gasteiger partial charge in [-0.15, -0.1) is 0 Å². The van der Waals surface area contributed by atoms with Crippen LogP contribution < -0.4 is 9.92 Å². The predicted octanol–water partition coefficient (Wildman–Crippen LogP) is 5.05. The maximum atomic E-state index is 12.1. The number of hydrogen-bond donors (Lipinski definition) is 0. The molecule has 2 aromatic carbocycles. The molecular formula is C27H38O5Si. The van der Waals surface area contributed by atoms with Gasteiger partial charge in [0.1, 0.15) is 5.75 Å². The molecule has 180 valence electrons. The van der Waals surface area contributed by atoms with Gasteiger partial charge in [-0.25, -0.2) is 0 Å². The Labute approximate surface area is 199 Å². The second-order valence-corrected chi connectivity index (χ2v) is 13.8. The Morgan fingerprint density at radius 2 is 1.58 bits per heavy atom. The van der Waals surface area contributed by atoms with Crippen molar-refractivity contribution < 1.29 is 23.8 Å². The van der Waals surface area contributed by atoms with E-state index in [-0.39, 0.29) is 13.2 Å². The first-order valence-corrected chi connectivity index (χ1v) is 15.1. The number of benzene rings is 2. The maximum Gasteiger partial charge on any atom is 0.320 e. The molecule has 6 heteroatoms. The van der Waals surface area contributed by atoms with Gasteiger partial charge in [0.25, 0.3) is 0 Å². The molecular weight excluding hydrogens is 432 g/mol.